The Hall–Kier alpha value is -2.91. The summed E-state index contributed by atoms with van der Waals surface area (Å²) < 4.78 is 0. The Kier molecular flexibility index (Phi) is 7.07. The number of carbonyl (C=O) groups is 4. The normalized spacial score (nSPS) is 17.3. The van der Waals surface area contributed by atoms with E-state index in [0.29, 0.717) is 23.5 Å². The Labute approximate surface area is 177 Å². The van der Waals surface area contributed by atoms with Gasteiger partial charge in [-0.1, -0.05) is 23.7 Å². The third kappa shape index (κ3) is 5.17. The second kappa shape index (κ2) is 9.73. The summed E-state index contributed by atoms with van der Waals surface area (Å²) in [6.07, 6.45) is 1.50. The van der Waals surface area contributed by atoms with Crippen LogP contribution in [-0.2, 0) is 14.4 Å². The molecule has 2 atom stereocenters. The minimum atomic E-state index is -1.000. The number of nitrogens with one attached hydrogen (secondary N) is 4. The number of aromatic nitrogens is 1. The van der Waals surface area contributed by atoms with E-state index in [-0.39, 0.29) is 24.6 Å². The Morgan fingerprint density at radius 2 is 2.10 bits per heavy atom. The van der Waals surface area contributed by atoms with Crippen LogP contribution in [0, 0.1) is 5.92 Å². The van der Waals surface area contributed by atoms with E-state index >= 15 is 0 Å². The van der Waals surface area contributed by atoms with Crippen molar-refractivity contribution in [3.8, 4) is 0 Å². The van der Waals surface area contributed by atoms with Crippen LogP contribution in [0.1, 0.15) is 29.8 Å². The molecular weight excluding hydrogens is 412 g/mol. The fourth-order valence-electron chi connectivity index (χ4n) is 3.47. The van der Waals surface area contributed by atoms with Gasteiger partial charge < -0.3 is 26.0 Å². The number of aliphatic hydroxyl groups excluding tert-OH is 1. The molecule has 1 aromatic heterocycles. The maximum absolute atomic E-state index is 12.3. The number of fused-ring (bicyclic) bond motifs is 1. The summed E-state index contributed by atoms with van der Waals surface area (Å²) in [5.41, 5.74) is 0.862. The standard InChI is InChI=1S/C20H23ClN4O5/c21-13-5-1-3-11-7-15(25-18(11)13)20(30)23-9-17(28)24-14(16(27)10-26)8-12-4-2-6-22-19(12)29/h1,3,5,7,12,14,25-26H,2,4,6,8-10H2,(H,22,29)(H,23,30)(H,24,28)/t12-,14?/m0/s1. The average Bonchev–Trinajstić information content (AvgIpc) is 3.18. The smallest absolute Gasteiger partial charge is 0.268 e. The molecule has 1 aromatic carbocycles. The van der Waals surface area contributed by atoms with Crippen LogP contribution in [0.4, 0.5) is 0 Å². The van der Waals surface area contributed by atoms with Crippen LogP contribution in [0.3, 0.4) is 0 Å². The van der Waals surface area contributed by atoms with Gasteiger partial charge in [0.2, 0.25) is 11.8 Å². The number of H-pyrrole nitrogens is 1. The van der Waals surface area contributed by atoms with Crippen LogP contribution in [0.25, 0.3) is 10.9 Å². The maximum Gasteiger partial charge on any atom is 0.268 e. The third-order valence-corrected chi connectivity index (χ3v) is 5.37. The van der Waals surface area contributed by atoms with Crippen molar-refractivity contribution in [1.82, 2.24) is 20.9 Å². The van der Waals surface area contributed by atoms with E-state index in [1.165, 1.54) is 0 Å². The Morgan fingerprint density at radius 3 is 2.80 bits per heavy atom. The van der Waals surface area contributed by atoms with E-state index < -0.39 is 36.2 Å². The van der Waals surface area contributed by atoms with Crippen LogP contribution in [0.15, 0.2) is 24.3 Å². The minimum Gasteiger partial charge on any atom is -0.389 e. The summed E-state index contributed by atoms with van der Waals surface area (Å²) in [4.78, 5) is 51.5. The quantitative estimate of drug-likeness (QED) is 0.412. The molecular formula is C20H23ClN4O5. The molecule has 30 heavy (non-hydrogen) atoms. The second-order valence-electron chi connectivity index (χ2n) is 7.18. The van der Waals surface area contributed by atoms with Crippen molar-refractivity contribution in [2.45, 2.75) is 25.3 Å². The molecule has 5 N–H and O–H groups in total. The van der Waals surface area contributed by atoms with E-state index in [2.05, 4.69) is 20.9 Å². The van der Waals surface area contributed by atoms with Gasteiger partial charge in [-0.05, 0) is 31.4 Å². The zero-order valence-corrected chi connectivity index (χ0v) is 16.9. The number of rotatable bonds is 8. The van der Waals surface area contributed by atoms with Gasteiger partial charge in [0.15, 0.2) is 5.78 Å². The van der Waals surface area contributed by atoms with Crippen molar-refractivity contribution < 1.29 is 24.3 Å². The number of aromatic amines is 1. The van der Waals surface area contributed by atoms with Crippen molar-refractivity contribution in [2.75, 3.05) is 19.7 Å². The molecule has 0 bridgehead atoms. The number of benzene rings is 1. The van der Waals surface area contributed by atoms with Crippen LogP contribution in [0.5, 0.6) is 0 Å². The van der Waals surface area contributed by atoms with Gasteiger partial charge in [0, 0.05) is 17.8 Å². The highest BCUT2D eigenvalue weighted by Gasteiger charge is 2.29. The number of Topliss-reactive ketones (excluding diaryl/α,β-unsaturated/α-hetero) is 1. The fraction of sp³-hybridized carbons (Fsp3) is 0.400. The number of hydrogen-bond donors (Lipinski definition) is 5. The van der Waals surface area contributed by atoms with Crippen LogP contribution in [0.2, 0.25) is 5.02 Å². The van der Waals surface area contributed by atoms with E-state index in [1.807, 2.05) is 0 Å². The van der Waals surface area contributed by atoms with Crippen molar-refractivity contribution in [2.24, 2.45) is 5.92 Å². The van der Waals surface area contributed by atoms with Gasteiger partial charge in [-0.3, -0.25) is 19.2 Å². The number of halogens is 1. The first-order valence-corrected chi connectivity index (χ1v) is 10.0. The van der Waals surface area contributed by atoms with Gasteiger partial charge in [0.05, 0.1) is 23.1 Å². The number of piperidine rings is 1. The van der Waals surface area contributed by atoms with E-state index in [0.717, 1.165) is 11.8 Å². The Balaban J connectivity index is 1.57. The highest BCUT2D eigenvalue weighted by Crippen LogP contribution is 2.23. The molecule has 1 fully saturated rings. The van der Waals surface area contributed by atoms with Crippen LogP contribution >= 0.6 is 11.6 Å². The lowest BCUT2D eigenvalue weighted by molar-refractivity contribution is -0.131. The maximum atomic E-state index is 12.3. The molecule has 1 aliphatic rings. The average molecular weight is 435 g/mol. The minimum absolute atomic E-state index is 0.103. The molecule has 9 nitrogen and oxygen atoms in total. The Bertz CT molecular complexity index is 973. The number of aliphatic hydroxyl groups is 1. The largest absolute Gasteiger partial charge is 0.389 e. The van der Waals surface area contributed by atoms with Crippen molar-refractivity contribution in [3.05, 3.63) is 35.0 Å². The molecule has 1 unspecified atom stereocenters. The topological polar surface area (TPSA) is 140 Å². The molecule has 0 aliphatic carbocycles. The number of hydrogen-bond acceptors (Lipinski definition) is 5. The first-order valence-electron chi connectivity index (χ1n) is 9.65. The number of ketones is 1. The predicted octanol–water partition coefficient (Wildman–Crippen LogP) is 0.514. The van der Waals surface area contributed by atoms with E-state index in [1.54, 1.807) is 24.3 Å². The highest BCUT2D eigenvalue weighted by atomic mass is 35.5. The monoisotopic (exact) mass is 434 g/mol. The van der Waals surface area contributed by atoms with Gasteiger partial charge in [0.25, 0.3) is 5.91 Å². The molecule has 1 saturated heterocycles. The molecule has 3 amide bonds. The van der Waals surface area contributed by atoms with Crippen molar-refractivity contribution in [1.29, 1.82) is 0 Å². The van der Waals surface area contributed by atoms with E-state index in [9.17, 15) is 24.3 Å². The van der Waals surface area contributed by atoms with Gasteiger partial charge >= 0.3 is 0 Å². The van der Waals surface area contributed by atoms with Gasteiger partial charge in [-0.15, -0.1) is 0 Å². The third-order valence-electron chi connectivity index (χ3n) is 5.06. The summed E-state index contributed by atoms with van der Waals surface area (Å²) in [6, 6.07) is 5.88. The first kappa shape index (κ1) is 21.8. The highest BCUT2D eigenvalue weighted by molar-refractivity contribution is 6.35. The van der Waals surface area contributed by atoms with Gasteiger partial charge in [0.1, 0.15) is 12.3 Å². The molecule has 1 aliphatic heterocycles. The molecule has 0 spiro atoms. The molecule has 160 valence electrons. The summed E-state index contributed by atoms with van der Waals surface area (Å²) in [7, 11) is 0. The van der Waals surface area contributed by atoms with Crippen LogP contribution < -0.4 is 16.0 Å². The lowest BCUT2D eigenvalue weighted by atomic mass is 9.90. The van der Waals surface area contributed by atoms with Crippen LogP contribution in [-0.4, -0.2) is 59.3 Å². The molecule has 10 heteroatoms. The fourth-order valence-corrected chi connectivity index (χ4v) is 3.70. The van der Waals surface area contributed by atoms with Gasteiger partial charge in [-0.25, -0.2) is 0 Å². The zero-order valence-electron chi connectivity index (χ0n) is 16.2. The predicted molar refractivity (Wildman–Crippen MR) is 110 cm³/mol. The first-order chi connectivity index (χ1) is 14.4. The molecule has 3 rings (SSSR count). The molecule has 0 saturated carbocycles. The molecule has 0 radical (unpaired) electrons. The summed E-state index contributed by atoms with van der Waals surface area (Å²) >= 11 is 6.09. The Morgan fingerprint density at radius 1 is 1.30 bits per heavy atom. The van der Waals surface area contributed by atoms with Crippen molar-refractivity contribution >= 4 is 46.0 Å². The van der Waals surface area contributed by atoms with Gasteiger partial charge in [-0.2, -0.15) is 0 Å². The number of carbonyl (C=O) groups excluding carboxylic acids is 4. The lowest BCUT2D eigenvalue weighted by Crippen LogP contribution is -2.49. The summed E-state index contributed by atoms with van der Waals surface area (Å²) in [5, 5.41) is 18.1. The zero-order chi connectivity index (χ0) is 21.7. The lowest BCUT2D eigenvalue weighted by Gasteiger charge is -2.26. The van der Waals surface area contributed by atoms with E-state index in [4.69, 9.17) is 11.6 Å². The number of para-hydroxylation sites is 1. The summed E-state index contributed by atoms with van der Waals surface area (Å²) in [6.45, 7) is -0.527. The second-order valence-corrected chi connectivity index (χ2v) is 7.59. The SMILES string of the molecule is O=C(CNC(=O)c1cc2cccc(Cl)c2[nH]1)NC(C[C@@H]1CCCNC1=O)C(=O)CO. The molecule has 2 heterocycles. The summed E-state index contributed by atoms with van der Waals surface area (Å²) in [5.74, 6) is -2.27. The number of amides is 3. The van der Waals surface area contributed by atoms with Crippen molar-refractivity contribution in [3.63, 3.8) is 0 Å². The molecule has 2 aromatic rings.